The highest BCUT2D eigenvalue weighted by molar-refractivity contribution is 9.10. The summed E-state index contributed by atoms with van der Waals surface area (Å²) >= 11 is 3.21. The van der Waals surface area contributed by atoms with Gasteiger partial charge in [0.15, 0.2) is 0 Å². The van der Waals surface area contributed by atoms with Gasteiger partial charge in [0.1, 0.15) is 5.82 Å². The fraction of sp³-hybridized carbons (Fsp3) is 0.0870. The number of nitrogens with one attached hydrogen (secondary N) is 2. The third kappa shape index (κ3) is 5.84. The minimum absolute atomic E-state index is 0.0268. The largest absolute Gasteiger partial charge is 0.351 e. The molecule has 0 aromatic heterocycles. The van der Waals surface area contributed by atoms with E-state index < -0.39 is 11.7 Å². The van der Waals surface area contributed by atoms with Crippen molar-refractivity contribution in [2.24, 2.45) is 5.10 Å². The summed E-state index contributed by atoms with van der Waals surface area (Å²) < 4.78 is 13.8. The average Bonchev–Trinajstić information content (AvgIpc) is 2.77. The SMILES string of the molecule is O=C(CCNC(=O)c1cc(F)ccc1Br)NN=C(c1ccccc1)c1ccccc1. The highest BCUT2D eigenvalue weighted by atomic mass is 79.9. The summed E-state index contributed by atoms with van der Waals surface area (Å²) in [5, 5.41) is 6.90. The van der Waals surface area contributed by atoms with Crippen LogP contribution in [-0.2, 0) is 4.79 Å². The van der Waals surface area contributed by atoms with Crippen LogP contribution in [0.4, 0.5) is 4.39 Å². The number of hydrazone groups is 1. The van der Waals surface area contributed by atoms with Crippen molar-refractivity contribution < 1.29 is 14.0 Å². The van der Waals surface area contributed by atoms with E-state index in [0.717, 1.165) is 17.2 Å². The Balaban J connectivity index is 1.61. The smallest absolute Gasteiger partial charge is 0.252 e. The number of amides is 2. The zero-order valence-electron chi connectivity index (χ0n) is 15.9. The van der Waals surface area contributed by atoms with Gasteiger partial charge in [-0.1, -0.05) is 60.7 Å². The summed E-state index contributed by atoms with van der Waals surface area (Å²) in [6.45, 7) is 0.0924. The second kappa shape index (κ2) is 10.5. The Kier molecular flexibility index (Phi) is 7.45. The van der Waals surface area contributed by atoms with Crippen LogP contribution in [0.5, 0.6) is 0 Å². The van der Waals surface area contributed by atoms with Crippen molar-refractivity contribution in [2.75, 3.05) is 6.54 Å². The molecular weight excluding hydrogens is 449 g/mol. The van der Waals surface area contributed by atoms with Crippen LogP contribution in [0.25, 0.3) is 0 Å². The summed E-state index contributed by atoms with van der Waals surface area (Å²) in [7, 11) is 0. The Morgan fingerprint density at radius 2 is 1.50 bits per heavy atom. The Bertz CT molecular complexity index is 1020. The Morgan fingerprint density at radius 1 is 0.900 bits per heavy atom. The minimum Gasteiger partial charge on any atom is -0.351 e. The van der Waals surface area contributed by atoms with Gasteiger partial charge in [-0.05, 0) is 34.1 Å². The van der Waals surface area contributed by atoms with Crippen molar-refractivity contribution in [3.8, 4) is 0 Å². The van der Waals surface area contributed by atoms with Crippen molar-refractivity contribution in [3.05, 3.63) is 106 Å². The first kappa shape index (κ1) is 21.4. The van der Waals surface area contributed by atoms with Gasteiger partial charge < -0.3 is 5.32 Å². The normalized spacial score (nSPS) is 10.2. The highest BCUT2D eigenvalue weighted by Gasteiger charge is 2.12. The fourth-order valence-corrected chi connectivity index (χ4v) is 3.14. The van der Waals surface area contributed by atoms with Gasteiger partial charge in [-0.15, -0.1) is 0 Å². The van der Waals surface area contributed by atoms with Crippen LogP contribution in [0.1, 0.15) is 27.9 Å². The lowest BCUT2D eigenvalue weighted by Crippen LogP contribution is -2.29. The average molecular weight is 468 g/mol. The van der Waals surface area contributed by atoms with Gasteiger partial charge in [0, 0.05) is 28.6 Å². The first-order valence-electron chi connectivity index (χ1n) is 9.25. The minimum atomic E-state index is -0.509. The van der Waals surface area contributed by atoms with E-state index in [4.69, 9.17) is 0 Å². The quantitative estimate of drug-likeness (QED) is 0.402. The number of benzene rings is 3. The topological polar surface area (TPSA) is 70.6 Å². The van der Waals surface area contributed by atoms with E-state index in [0.29, 0.717) is 10.2 Å². The van der Waals surface area contributed by atoms with Crippen LogP contribution in [0.2, 0.25) is 0 Å². The van der Waals surface area contributed by atoms with E-state index in [1.807, 2.05) is 60.7 Å². The summed E-state index contributed by atoms with van der Waals surface area (Å²) in [6, 6.07) is 22.9. The molecule has 0 bridgehead atoms. The van der Waals surface area contributed by atoms with E-state index >= 15 is 0 Å². The van der Waals surface area contributed by atoms with Crippen molar-refractivity contribution in [1.82, 2.24) is 10.7 Å². The summed E-state index contributed by atoms with van der Waals surface area (Å²) in [5.41, 5.74) is 5.09. The lowest BCUT2D eigenvalue weighted by atomic mass is 10.0. The molecule has 3 rings (SSSR count). The third-order valence-corrected chi connectivity index (χ3v) is 4.89. The number of hydrogen-bond acceptors (Lipinski definition) is 3. The van der Waals surface area contributed by atoms with Gasteiger partial charge in [0.25, 0.3) is 5.91 Å². The standard InChI is InChI=1S/C23H19BrFN3O2/c24-20-12-11-18(25)15-19(20)23(30)26-14-13-21(29)27-28-22(16-7-3-1-4-8-16)17-9-5-2-6-10-17/h1-12,15H,13-14H2,(H,26,30)(H,27,29). The molecule has 5 nitrogen and oxygen atoms in total. The van der Waals surface area contributed by atoms with Crippen LogP contribution >= 0.6 is 15.9 Å². The van der Waals surface area contributed by atoms with E-state index in [2.05, 4.69) is 31.8 Å². The number of carbonyl (C=O) groups is 2. The van der Waals surface area contributed by atoms with Crippen molar-refractivity contribution in [2.45, 2.75) is 6.42 Å². The third-order valence-electron chi connectivity index (χ3n) is 4.20. The molecule has 2 N–H and O–H groups in total. The molecule has 3 aromatic carbocycles. The summed E-state index contributed by atoms with van der Waals surface area (Å²) in [4.78, 5) is 24.4. The van der Waals surface area contributed by atoms with Crippen LogP contribution in [-0.4, -0.2) is 24.1 Å². The van der Waals surface area contributed by atoms with Crippen LogP contribution in [0.3, 0.4) is 0 Å². The van der Waals surface area contributed by atoms with E-state index in [9.17, 15) is 14.0 Å². The molecule has 0 heterocycles. The van der Waals surface area contributed by atoms with Gasteiger partial charge >= 0.3 is 0 Å². The Labute approximate surface area is 182 Å². The molecule has 0 fully saturated rings. The lowest BCUT2D eigenvalue weighted by molar-refractivity contribution is -0.120. The number of carbonyl (C=O) groups excluding carboxylic acids is 2. The first-order valence-corrected chi connectivity index (χ1v) is 10.0. The molecule has 0 unspecified atom stereocenters. The maximum Gasteiger partial charge on any atom is 0.252 e. The van der Waals surface area contributed by atoms with E-state index in [-0.39, 0.29) is 24.4 Å². The molecule has 152 valence electrons. The molecule has 0 aliphatic carbocycles. The zero-order chi connectivity index (χ0) is 21.3. The molecule has 0 aliphatic rings. The maximum absolute atomic E-state index is 13.3. The van der Waals surface area contributed by atoms with Crippen molar-refractivity contribution in [1.29, 1.82) is 0 Å². The van der Waals surface area contributed by atoms with Crippen LogP contribution in [0, 0.1) is 5.82 Å². The highest BCUT2D eigenvalue weighted by Crippen LogP contribution is 2.17. The molecule has 2 amide bonds. The second-order valence-electron chi connectivity index (χ2n) is 6.36. The van der Waals surface area contributed by atoms with Crippen LogP contribution in [0.15, 0.2) is 88.4 Å². The molecule has 0 aliphatic heterocycles. The number of hydrogen-bond donors (Lipinski definition) is 2. The maximum atomic E-state index is 13.3. The predicted molar refractivity (Wildman–Crippen MR) is 118 cm³/mol. The van der Waals surface area contributed by atoms with Gasteiger partial charge in [-0.2, -0.15) is 5.10 Å². The van der Waals surface area contributed by atoms with Crippen molar-refractivity contribution >= 4 is 33.5 Å². The Hall–Kier alpha value is -3.32. The molecule has 7 heteroatoms. The number of rotatable bonds is 7. The second-order valence-corrected chi connectivity index (χ2v) is 7.21. The van der Waals surface area contributed by atoms with Crippen molar-refractivity contribution in [3.63, 3.8) is 0 Å². The van der Waals surface area contributed by atoms with E-state index in [1.165, 1.54) is 12.1 Å². The fourth-order valence-electron chi connectivity index (χ4n) is 2.72. The molecule has 30 heavy (non-hydrogen) atoms. The van der Waals surface area contributed by atoms with Gasteiger partial charge in [0.05, 0.1) is 11.3 Å². The van der Waals surface area contributed by atoms with Gasteiger partial charge in [-0.3, -0.25) is 9.59 Å². The summed E-state index contributed by atoms with van der Waals surface area (Å²) in [5.74, 6) is -1.32. The van der Waals surface area contributed by atoms with Gasteiger partial charge in [-0.25, -0.2) is 9.82 Å². The molecular formula is C23H19BrFN3O2. The molecule has 0 spiro atoms. The monoisotopic (exact) mass is 467 g/mol. The molecule has 0 saturated carbocycles. The predicted octanol–water partition coefficient (Wildman–Crippen LogP) is 4.28. The molecule has 0 radical (unpaired) electrons. The number of nitrogens with zero attached hydrogens (tertiary/aromatic N) is 1. The lowest BCUT2D eigenvalue weighted by Gasteiger charge is -2.09. The summed E-state index contributed by atoms with van der Waals surface area (Å²) in [6.07, 6.45) is 0.0268. The van der Waals surface area contributed by atoms with Crippen LogP contribution < -0.4 is 10.7 Å². The molecule has 0 saturated heterocycles. The number of halogens is 2. The van der Waals surface area contributed by atoms with Gasteiger partial charge in [0.2, 0.25) is 5.91 Å². The first-order chi connectivity index (χ1) is 14.5. The zero-order valence-corrected chi connectivity index (χ0v) is 17.5. The molecule has 0 atom stereocenters. The molecule has 3 aromatic rings. The Morgan fingerprint density at radius 3 is 2.10 bits per heavy atom. The van der Waals surface area contributed by atoms with E-state index in [1.54, 1.807) is 0 Å².